The fourth-order valence-electron chi connectivity index (χ4n) is 3.68. The van der Waals surface area contributed by atoms with Gasteiger partial charge in [-0.25, -0.2) is 9.97 Å². The van der Waals surface area contributed by atoms with Gasteiger partial charge in [-0.2, -0.15) is 0 Å². The zero-order valence-corrected chi connectivity index (χ0v) is 12.1. The van der Waals surface area contributed by atoms with Gasteiger partial charge in [0.1, 0.15) is 6.33 Å². The fourth-order valence-corrected chi connectivity index (χ4v) is 3.68. The molecule has 5 nitrogen and oxygen atoms in total. The Morgan fingerprint density at radius 2 is 2.15 bits per heavy atom. The number of aryl methyl sites for hydroxylation is 1. The van der Waals surface area contributed by atoms with Gasteiger partial charge in [0.25, 0.3) is 5.91 Å². The Kier molecular flexibility index (Phi) is 3.70. The maximum absolute atomic E-state index is 12.4. The van der Waals surface area contributed by atoms with E-state index in [0.29, 0.717) is 5.56 Å². The third-order valence-electron chi connectivity index (χ3n) is 4.76. The molecule has 3 heterocycles. The average Bonchev–Trinajstić information content (AvgIpc) is 3.04. The van der Waals surface area contributed by atoms with Crippen molar-refractivity contribution in [2.75, 3.05) is 19.6 Å². The van der Waals surface area contributed by atoms with Crippen LogP contribution in [0.25, 0.3) is 0 Å². The maximum Gasteiger partial charge on any atom is 0.254 e. The van der Waals surface area contributed by atoms with E-state index in [-0.39, 0.29) is 11.4 Å². The van der Waals surface area contributed by atoms with Crippen molar-refractivity contribution in [3.63, 3.8) is 0 Å². The summed E-state index contributed by atoms with van der Waals surface area (Å²) in [6.07, 6.45) is 8.81. The van der Waals surface area contributed by atoms with Gasteiger partial charge in [0, 0.05) is 18.3 Å². The summed E-state index contributed by atoms with van der Waals surface area (Å²) < 4.78 is 0. The summed E-state index contributed by atoms with van der Waals surface area (Å²) in [5.41, 5.74) is 1.66. The molecular formula is C15H22N4O. The van der Waals surface area contributed by atoms with E-state index in [1.165, 1.54) is 45.1 Å². The molecule has 108 valence electrons. The summed E-state index contributed by atoms with van der Waals surface area (Å²) in [7, 11) is 0. The predicted molar refractivity (Wildman–Crippen MR) is 76.5 cm³/mol. The lowest BCUT2D eigenvalue weighted by atomic mass is 9.94. The number of carbonyl (C=O) groups is 1. The minimum absolute atomic E-state index is 0.0319. The topological polar surface area (TPSA) is 58.1 Å². The van der Waals surface area contributed by atoms with E-state index in [1.807, 2.05) is 6.92 Å². The first-order valence-corrected chi connectivity index (χ1v) is 7.57. The Hall–Kier alpha value is -1.49. The number of hydrogen-bond acceptors (Lipinski definition) is 4. The highest BCUT2D eigenvalue weighted by molar-refractivity contribution is 5.94. The summed E-state index contributed by atoms with van der Waals surface area (Å²) in [6, 6.07) is 0. The summed E-state index contributed by atoms with van der Waals surface area (Å²) in [6.45, 7) is 5.13. The van der Waals surface area contributed by atoms with Crippen molar-refractivity contribution < 1.29 is 4.79 Å². The Balaban J connectivity index is 1.68. The normalized spacial score (nSPS) is 20.9. The molecule has 2 aliphatic heterocycles. The van der Waals surface area contributed by atoms with Gasteiger partial charge in [-0.1, -0.05) is 6.92 Å². The SMILES string of the molecule is CCc1ncncc1C(=O)NCC12CCCN1CCC2. The van der Waals surface area contributed by atoms with Crippen LogP contribution < -0.4 is 5.32 Å². The lowest BCUT2D eigenvalue weighted by Gasteiger charge is -2.32. The van der Waals surface area contributed by atoms with Crippen molar-refractivity contribution in [3.05, 3.63) is 23.8 Å². The number of nitrogens with zero attached hydrogens (tertiary/aromatic N) is 3. The predicted octanol–water partition coefficient (Wildman–Crippen LogP) is 1.40. The Morgan fingerprint density at radius 1 is 1.40 bits per heavy atom. The van der Waals surface area contributed by atoms with E-state index in [1.54, 1.807) is 6.20 Å². The van der Waals surface area contributed by atoms with E-state index < -0.39 is 0 Å². The van der Waals surface area contributed by atoms with Crippen LogP contribution in [0, 0.1) is 0 Å². The highest BCUT2D eigenvalue weighted by atomic mass is 16.1. The highest BCUT2D eigenvalue weighted by Crippen LogP contribution is 2.38. The van der Waals surface area contributed by atoms with Crippen molar-refractivity contribution in [2.45, 2.75) is 44.6 Å². The van der Waals surface area contributed by atoms with Crippen LogP contribution in [0.15, 0.2) is 12.5 Å². The molecule has 0 unspecified atom stereocenters. The number of amides is 1. The van der Waals surface area contributed by atoms with Crippen LogP contribution in [0.5, 0.6) is 0 Å². The minimum Gasteiger partial charge on any atom is -0.350 e. The molecule has 0 bridgehead atoms. The summed E-state index contributed by atoms with van der Waals surface area (Å²) in [5, 5.41) is 3.12. The number of carbonyl (C=O) groups excluding carboxylic acids is 1. The molecule has 0 spiro atoms. The van der Waals surface area contributed by atoms with Gasteiger partial charge >= 0.3 is 0 Å². The minimum atomic E-state index is -0.0319. The van der Waals surface area contributed by atoms with Crippen LogP contribution in [0.3, 0.4) is 0 Å². The van der Waals surface area contributed by atoms with Crippen molar-refractivity contribution in [1.29, 1.82) is 0 Å². The lowest BCUT2D eigenvalue weighted by Crippen LogP contribution is -2.48. The van der Waals surface area contributed by atoms with Gasteiger partial charge in [0.05, 0.1) is 11.3 Å². The molecule has 0 saturated carbocycles. The number of hydrogen-bond donors (Lipinski definition) is 1. The summed E-state index contributed by atoms with van der Waals surface area (Å²) in [5.74, 6) is -0.0319. The molecule has 0 aliphatic carbocycles. The van der Waals surface area contributed by atoms with Gasteiger partial charge in [0.15, 0.2) is 0 Å². The highest BCUT2D eigenvalue weighted by Gasteiger charge is 2.44. The Bertz CT molecular complexity index is 492. The van der Waals surface area contributed by atoms with Gasteiger partial charge in [0.2, 0.25) is 0 Å². The molecule has 2 saturated heterocycles. The van der Waals surface area contributed by atoms with Crippen LogP contribution in [-0.4, -0.2) is 45.9 Å². The molecule has 0 radical (unpaired) electrons. The second-order valence-corrected chi connectivity index (χ2v) is 5.84. The molecular weight excluding hydrogens is 252 g/mol. The van der Waals surface area contributed by atoms with Gasteiger partial charge in [-0.3, -0.25) is 9.69 Å². The Labute approximate surface area is 119 Å². The number of rotatable bonds is 4. The van der Waals surface area contributed by atoms with Crippen LogP contribution in [0.2, 0.25) is 0 Å². The van der Waals surface area contributed by atoms with Crippen molar-refractivity contribution in [1.82, 2.24) is 20.2 Å². The lowest BCUT2D eigenvalue weighted by molar-refractivity contribution is 0.0917. The molecule has 1 amide bonds. The van der Waals surface area contributed by atoms with Crippen molar-refractivity contribution in [2.24, 2.45) is 0 Å². The molecule has 3 rings (SSSR count). The second-order valence-electron chi connectivity index (χ2n) is 5.84. The van der Waals surface area contributed by atoms with Crippen molar-refractivity contribution in [3.8, 4) is 0 Å². The third-order valence-corrected chi connectivity index (χ3v) is 4.76. The zero-order valence-electron chi connectivity index (χ0n) is 12.1. The van der Waals surface area contributed by atoms with Crippen LogP contribution >= 0.6 is 0 Å². The standard InChI is InChI=1S/C15H22N4O/c1-2-13-12(9-16-11-18-13)14(20)17-10-15-5-3-7-19(15)8-4-6-15/h9,11H,2-8,10H2,1H3,(H,17,20). The van der Waals surface area contributed by atoms with Crippen molar-refractivity contribution >= 4 is 5.91 Å². The third kappa shape index (κ3) is 2.30. The first kappa shape index (κ1) is 13.5. The largest absolute Gasteiger partial charge is 0.350 e. The molecule has 1 aromatic heterocycles. The molecule has 1 N–H and O–H groups in total. The molecule has 2 fully saturated rings. The van der Waals surface area contributed by atoms with E-state index >= 15 is 0 Å². The number of aromatic nitrogens is 2. The van der Waals surface area contributed by atoms with Crippen LogP contribution in [0.1, 0.15) is 48.7 Å². The first-order chi connectivity index (χ1) is 9.75. The maximum atomic E-state index is 12.4. The molecule has 1 aromatic rings. The summed E-state index contributed by atoms with van der Waals surface area (Å²) >= 11 is 0. The van der Waals surface area contributed by atoms with Crippen LogP contribution in [0.4, 0.5) is 0 Å². The van der Waals surface area contributed by atoms with Gasteiger partial charge < -0.3 is 5.32 Å². The Morgan fingerprint density at radius 3 is 2.85 bits per heavy atom. The quantitative estimate of drug-likeness (QED) is 0.901. The fraction of sp³-hybridized carbons (Fsp3) is 0.667. The summed E-state index contributed by atoms with van der Waals surface area (Å²) in [4.78, 5) is 23.1. The zero-order chi connectivity index (χ0) is 14.0. The molecule has 0 atom stereocenters. The number of fused-ring (bicyclic) bond motifs is 1. The smallest absolute Gasteiger partial charge is 0.254 e. The van der Waals surface area contributed by atoms with E-state index in [9.17, 15) is 4.79 Å². The second kappa shape index (κ2) is 5.48. The monoisotopic (exact) mass is 274 g/mol. The molecule has 5 heteroatoms. The average molecular weight is 274 g/mol. The van der Waals surface area contributed by atoms with E-state index in [4.69, 9.17) is 0 Å². The van der Waals surface area contributed by atoms with Crippen LogP contribution in [-0.2, 0) is 6.42 Å². The first-order valence-electron chi connectivity index (χ1n) is 7.57. The molecule has 0 aromatic carbocycles. The molecule has 2 aliphatic rings. The van der Waals surface area contributed by atoms with E-state index in [0.717, 1.165) is 18.7 Å². The molecule has 20 heavy (non-hydrogen) atoms. The van der Waals surface area contributed by atoms with E-state index in [2.05, 4.69) is 20.2 Å². The van der Waals surface area contributed by atoms with Gasteiger partial charge in [-0.05, 0) is 45.2 Å². The van der Waals surface area contributed by atoms with Gasteiger partial charge in [-0.15, -0.1) is 0 Å². The number of nitrogens with one attached hydrogen (secondary N) is 1.